The largest absolute Gasteiger partial charge is 0.514 e. The number of nitrogens with one attached hydrogen (secondary N) is 2. The third-order valence-corrected chi connectivity index (χ3v) is 11.6. The van der Waals surface area contributed by atoms with E-state index in [1.165, 1.54) is 26.4 Å². The third-order valence-electron chi connectivity index (χ3n) is 8.42. The van der Waals surface area contributed by atoms with Gasteiger partial charge in [-0.2, -0.15) is 0 Å². The number of carbonyl (C=O) groups excluding carboxylic acids is 4. The van der Waals surface area contributed by atoms with Crippen molar-refractivity contribution in [3.05, 3.63) is 71.8 Å². The minimum atomic E-state index is -1.02. The first-order chi connectivity index (χ1) is 28.9. The van der Waals surface area contributed by atoms with Crippen LogP contribution in [0, 0.1) is 11.8 Å². The average Bonchev–Trinajstić information content (AvgIpc) is 3.23. The number of carbonyl (C=O) groups is 4. The molecule has 0 aliphatic rings. The predicted molar refractivity (Wildman–Crippen MR) is 235 cm³/mol. The average molecular weight is 877 g/mol. The van der Waals surface area contributed by atoms with Gasteiger partial charge < -0.3 is 49.3 Å². The predicted octanol–water partition coefficient (Wildman–Crippen LogP) is 8.32. The molecule has 14 nitrogen and oxygen atoms in total. The van der Waals surface area contributed by atoms with Gasteiger partial charge in [0.2, 0.25) is 11.8 Å². The van der Waals surface area contributed by atoms with Gasteiger partial charge in [0.25, 0.3) is 0 Å². The lowest BCUT2D eigenvalue weighted by Crippen LogP contribution is -2.24. The number of amides is 2. The number of benzene rings is 2. The minimum absolute atomic E-state index is 0.0499. The summed E-state index contributed by atoms with van der Waals surface area (Å²) in [5.74, 6) is 1.70. The molecular weight excluding hydrogens is 813 g/mol. The maximum Gasteiger partial charge on any atom is 0.514 e. The van der Waals surface area contributed by atoms with Crippen molar-refractivity contribution in [3.8, 4) is 23.0 Å². The molecule has 0 radical (unpaired) electrons. The van der Waals surface area contributed by atoms with Crippen molar-refractivity contribution < 1.29 is 57.8 Å². The zero-order valence-corrected chi connectivity index (χ0v) is 37.4. The van der Waals surface area contributed by atoms with Gasteiger partial charge in [-0.15, -0.1) is 0 Å². The number of aliphatic hydroxyl groups excluding tert-OH is 2. The van der Waals surface area contributed by atoms with E-state index in [0.717, 1.165) is 71.2 Å². The summed E-state index contributed by atoms with van der Waals surface area (Å²) < 4.78 is 31.9. The van der Waals surface area contributed by atoms with Gasteiger partial charge in [-0.25, -0.2) is 9.59 Å². The first-order valence-corrected chi connectivity index (χ1v) is 22.6. The molecule has 2 atom stereocenters. The molecular formula is C44H64N2O12S2. The van der Waals surface area contributed by atoms with Crippen LogP contribution in [0.3, 0.4) is 0 Å². The molecule has 2 aromatic carbocycles. The SMILES string of the molecule is COc1cc(CNC(=O)CCCC/C=C/C(C)C)ccc1OC(=O)OCC(CO)SSC(CO)COC(=O)Oc1ccc(CNC(=O)CCCC/C=C/C(C)C)cc1OC. The summed E-state index contributed by atoms with van der Waals surface area (Å²) in [5.41, 5.74) is 1.51. The number of unbranched alkanes of at least 4 members (excludes halogenated alkanes) is 4. The number of hydrogen-bond donors (Lipinski definition) is 4. The second-order valence-electron chi connectivity index (χ2n) is 14.5. The lowest BCUT2D eigenvalue weighted by Gasteiger charge is -2.18. The summed E-state index contributed by atoms with van der Waals surface area (Å²) in [6.45, 7) is 7.91. The van der Waals surface area contributed by atoms with Crippen LogP contribution in [0.15, 0.2) is 60.7 Å². The first kappa shape index (κ1) is 51.8. The molecule has 0 aliphatic carbocycles. The molecule has 0 heterocycles. The second kappa shape index (κ2) is 30.6. The number of rotatable bonds is 29. The lowest BCUT2D eigenvalue weighted by molar-refractivity contribution is -0.122. The molecule has 334 valence electrons. The van der Waals surface area contributed by atoms with Crippen LogP contribution in [0.5, 0.6) is 23.0 Å². The van der Waals surface area contributed by atoms with Gasteiger partial charge in [0.15, 0.2) is 23.0 Å². The number of aliphatic hydroxyl groups is 2. The maximum absolute atomic E-state index is 12.5. The molecule has 16 heteroatoms. The molecule has 2 unspecified atom stereocenters. The van der Waals surface area contributed by atoms with Crippen LogP contribution < -0.4 is 29.6 Å². The van der Waals surface area contributed by atoms with Crippen molar-refractivity contribution in [1.82, 2.24) is 10.6 Å². The van der Waals surface area contributed by atoms with Gasteiger partial charge in [-0.05, 0) is 85.8 Å². The quantitative estimate of drug-likeness (QED) is 0.0201. The number of methoxy groups -OCH3 is 2. The monoisotopic (exact) mass is 876 g/mol. The van der Waals surface area contributed by atoms with Crippen molar-refractivity contribution in [3.63, 3.8) is 0 Å². The van der Waals surface area contributed by atoms with Gasteiger partial charge in [0, 0.05) is 25.9 Å². The molecule has 0 fully saturated rings. The molecule has 0 aromatic heterocycles. The van der Waals surface area contributed by atoms with Crippen LogP contribution in [-0.2, 0) is 32.2 Å². The topological polar surface area (TPSA) is 188 Å². The van der Waals surface area contributed by atoms with Crippen molar-refractivity contribution in [2.45, 2.75) is 103 Å². The second-order valence-corrected chi connectivity index (χ2v) is 17.4. The van der Waals surface area contributed by atoms with Gasteiger partial charge in [-0.1, -0.05) is 85.7 Å². The summed E-state index contributed by atoms with van der Waals surface area (Å²) in [6.07, 6.45) is 12.8. The van der Waals surface area contributed by atoms with Gasteiger partial charge >= 0.3 is 12.3 Å². The molecule has 2 amide bonds. The Labute approximate surface area is 362 Å². The summed E-state index contributed by atoms with van der Waals surface area (Å²) in [5, 5.41) is 24.3. The zero-order chi connectivity index (χ0) is 44.1. The fraction of sp³-hybridized carbons (Fsp3) is 0.545. The zero-order valence-electron chi connectivity index (χ0n) is 35.8. The van der Waals surface area contributed by atoms with Crippen molar-refractivity contribution in [1.29, 1.82) is 0 Å². The number of allylic oxidation sites excluding steroid dienone is 4. The van der Waals surface area contributed by atoms with E-state index >= 15 is 0 Å². The highest BCUT2D eigenvalue weighted by Crippen LogP contribution is 2.33. The van der Waals surface area contributed by atoms with Crippen LogP contribution in [0.2, 0.25) is 0 Å². The molecule has 0 saturated heterocycles. The summed E-state index contributed by atoms with van der Waals surface area (Å²) in [6, 6.07) is 9.79. The molecule has 0 saturated carbocycles. The fourth-order valence-corrected chi connectivity index (χ4v) is 7.49. The summed E-state index contributed by atoms with van der Waals surface area (Å²) in [4.78, 5) is 49.6. The molecule has 0 spiro atoms. The number of ether oxygens (including phenoxy) is 6. The van der Waals surface area contributed by atoms with Crippen LogP contribution in [0.25, 0.3) is 0 Å². The Kier molecular flexibility index (Phi) is 26.4. The molecule has 0 bridgehead atoms. The van der Waals surface area contributed by atoms with E-state index in [9.17, 15) is 29.4 Å². The van der Waals surface area contributed by atoms with Crippen molar-refractivity contribution >= 4 is 45.7 Å². The Morgan fingerprint density at radius 2 is 1.02 bits per heavy atom. The van der Waals surface area contributed by atoms with E-state index in [1.54, 1.807) is 24.3 Å². The summed E-state index contributed by atoms with van der Waals surface area (Å²) >= 11 is 0. The Bertz CT molecular complexity index is 1530. The van der Waals surface area contributed by atoms with E-state index in [0.29, 0.717) is 24.7 Å². The number of hydrogen-bond acceptors (Lipinski definition) is 14. The molecule has 60 heavy (non-hydrogen) atoms. The maximum atomic E-state index is 12.5. The highest BCUT2D eigenvalue weighted by molar-refractivity contribution is 8.77. The fourth-order valence-electron chi connectivity index (χ4n) is 5.16. The molecule has 0 aliphatic heterocycles. The van der Waals surface area contributed by atoms with E-state index in [2.05, 4.69) is 62.6 Å². The smallest absolute Gasteiger partial charge is 0.493 e. The van der Waals surface area contributed by atoms with Crippen LogP contribution >= 0.6 is 21.6 Å². The molecule has 2 aromatic rings. The van der Waals surface area contributed by atoms with Gasteiger partial charge in [-0.3, -0.25) is 9.59 Å². The van der Waals surface area contributed by atoms with Crippen LogP contribution in [0.1, 0.15) is 90.2 Å². The summed E-state index contributed by atoms with van der Waals surface area (Å²) in [7, 11) is 5.12. The lowest BCUT2D eigenvalue weighted by atomic mass is 10.1. The molecule has 4 N–H and O–H groups in total. The van der Waals surface area contributed by atoms with Crippen molar-refractivity contribution in [2.24, 2.45) is 11.8 Å². The van der Waals surface area contributed by atoms with Crippen LogP contribution in [-0.4, -0.2) is 85.5 Å². The minimum Gasteiger partial charge on any atom is -0.493 e. The van der Waals surface area contributed by atoms with Crippen LogP contribution in [0.4, 0.5) is 9.59 Å². The molecule has 2 rings (SSSR count). The normalized spacial score (nSPS) is 12.4. The highest BCUT2D eigenvalue weighted by Gasteiger charge is 2.21. The van der Waals surface area contributed by atoms with E-state index in [-0.39, 0.29) is 74.3 Å². The van der Waals surface area contributed by atoms with E-state index < -0.39 is 22.8 Å². The first-order valence-electron chi connectivity index (χ1n) is 20.3. The Morgan fingerprint density at radius 1 is 0.617 bits per heavy atom. The highest BCUT2D eigenvalue weighted by atomic mass is 33.1. The van der Waals surface area contributed by atoms with E-state index in [4.69, 9.17) is 28.4 Å². The van der Waals surface area contributed by atoms with E-state index in [1.807, 2.05) is 0 Å². The van der Waals surface area contributed by atoms with Crippen molar-refractivity contribution in [2.75, 3.05) is 40.6 Å². The van der Waals surface area contributed by atoms with Gasteiger partial charge in [0.1, 0.15) is 13.2 Å². The standard InChI is InChI=1S/C44H64N2O12S2/c1-31(2)15-11-7-9-13-17-41(49)45-25-33-19-21-37(39(23-33)53-5)57-43(51)55-29-35(27-47)59-60-36(28-48)30-56-44(52)58-38-22-20-34(24-40(38)54-6)26-46-42(50)18-14-10-8-12-16-32(3)4/h11-12,15-16,19-24,31-32,35-36,47-48H,7-10,13-14,17-18,25-30H2,1-6H3,(H,45,49)(H,46,50)/b15-11+,16-12+. The Morgan fingerprint density at radius 3 is 1.37 bits per heavy atom. The Balaban J connectivity index is 1.74. The van der Waals surface area contributed by atoms with Gasteiger partial charge in [0.05, 0.1) is 37.9 Å². The Hall–Kier alpha value is -4.38. The third kappa shape index (κ3) is 22.8.